The van der Waals surface area contributed by atoms with Crippen LogP contribution in [-0.4, -0.2) is 36.5 Å². The van der Waals surface area contributed by atoms with Crippen molar-refractivity contribution in [2.75, 3.05) is 18.4 Å². The number of hydrogen-bond donors (Lipinski definition) is 4. The van der Waals surface area contributed by atoms with E-state index in [2.05, 4.69) is 21.3 Å². The van der Waals surface area contributed by atoms with Crippen LogP contribution in [0.25, 0.3) is 0 Å². The Bertz CT molecular complexity index is 612. The van der Waals surface area contributed by atoms with Crippen LogP contribution in [0.3, 0.4) is 0 Å². The fourth-order valence-electron chi connectivity index (χ4n) is 1.98. The molecule has 0 saturated heterocycles. The SMILES string of the molecule is CCCCNC(=O)NC(=O)CNc1ccc(C(=O)NC(C)(C)CC)cc1. The van der Waals surface area contributed by atoms with Crippen LogP contribution in [0.5, 0.6) is 0 Å². The zero-order chi connectivity index (χ0) is 19.6. The number of amides is 4. The molecule has 0 aromatic heterocycles. The number of carbonyl (C=O) groups excluding carboxylic acids is 3. The predicted octanol–water partition coefficient (Wildman–Crippen LogP) is 2.64. The fraction of sp³-hybridized carbons (Fsp3) is 0.526. The maximum absolute atomic E-state index is 12.2. The lowest BCUT2D eigenvalue weighted by Crippen LogP contribution is -2.42. The molecular weight excluding hydrogens is 332 g/mol. The standard InChI is InChI=1S/C19H30N4O3/c1-5-7-12-20-18(26)22-16(24)13-21-15-10-8-14(9-11-15)17(25)23-19(3,4)6-2/h8-11,21H,5-7,12-13H2,1-4H3,(H,23,25)(H2,20,22,24,26). The molecule has 0 spiro atoms. The van der Waals surface area contributed by atoms with Gasteiger partial charge >= 0.3 is 6.03 Å². The molecule has 144 valence electrons. The van der Waals surface area contributed by atoms with Gasteiger partial charge in [-0.25, -0.2) is 4.79 Å². The highest BCUT2D eigenvalue weighted by Crippen LogP contribution is 2.12. The number of imide groups is 1. The number of urea groups is 1. The summed E-state index contributed by atoms with van der Waals surface area (Å²) in [6.45, 7) is 8.49. The van der Waals surface area contributed by atoms with Crippen molar-refractivity contribution in [3.8, 4) is 0 Å². The molecule has 0 radical (unpaired) electrons. The van der Waals surface area contributed by atoms with Gasteiger partial charge < -0.3 is 16.0 Å². The first-order valence-corrected chi connectivity index (χ1v) is 9.01. The second-order valence-corrected chi connectivity index (χ2v) is 6.78. The molecule has 4 N–H and O–H groups in total. The highest BCUT2D eigenvalue weighted by molar-refractivity contribution is 5.96. The van der Waals surface area contributed by atoms with Crippen molar-refractivity contribution >= 4 is 23.5 Å². The lowest BCUT2D eigenvalue weighted by Gasteiger charge is -2.24. The lowest BCUT2D eigenvalue weighted by molar-refractivity contribution is -0.118. The number of anilines is 1. The summed E-state index contributed by atoms with van der Waals surface area (Å²) in [7, 11) is 0. The van der Waals surface area contributed by atoms with Gasteiger partial charge in [0, 0.05) is 23.3 Å². The van der Waals surface area contributed by atoms with Gasteiger partial charge in [-0.05, 0) is 51.0 Å². The third kappa shape index (κ3) is 8.00. The van der Waals surface area contributed by atoms with Crippen molar-refractivity contribution in [1.29, 1.82) is 0 Å². The molecular formula is C19H30N4O3. The van der Waals surface area contributed by atoms with Gasteiger partial charge in [-0.3, -0.25) is 14.9 Å². The Kier molecular flexibility index (Phi) is 8.61. The number of nitrogens with one attached hydrogen (secondary N) is 4. The van der Waals surface area contributed by atoms with Crippen molar-refractivity contribution in [3.05, 3.63) is 29.8 Å². The summed E-state index contributed by atoms with van der Waals surface area (Å²) in [6.07, 6.45) is 2.68. The first kappa shape index (κ1) is 21.5. The summed E-state index contributed by atoms with van der Waals surface area (Å²) in [4.78, 5) is 35.4. The van der Waals surface area contributed by atoms with E-state index in [0.717, 1.165) is 19.3 Å². The molecule has 0 unspecified atom stereocenters. The van der Waals surface area contributed by atoms with E-state index < -0.39 is 11.9 Å². The molecule has 0 bridgehead atoms. The fourth-order valence-corrected chi connectivity index (χ4v) is 1.98. The van der Waals surface area contributed by atoms with Crippen LogP contribution >= 0.6 is 0 Å². The van der Waals surface area contributed by atoms with Gasteiger partial charge in [0.25, 0.3) is 5.91 Å². The van der Waals surface area contributed by atoms with Gasteiger partial charge in [-0.2, -0.15) is 0 Å². The molecule has 26 heavy (non-hydrogen) atoms. The molecule has 1 aromatic rings. The minimum absolute atomic E-state index is 0.0321. The molecule has 0 atom stereocenters. The smallest absolute Gasteiger partial charge is 0.321 e. The molecule has 7 nitrogen and oxygen atoms in total. The van der Waals surface area contributed by atoms with E-state index in [4.69, 9.17) is 0 Å². The number of hydrogen-bond acceptors (Lipinski definition) is 4. The van der Waals surface area contributed by atoms with E-state index in [1.165, 1.54) is 0 Å². The number of carbonyl (C=O) groups is 3. The summed E-state index contributed by atoms with van der Waals surface area (Å²) in [5.41, 5.74) is 0.985. The zero-order valence-corrected chi connectivity index (χ0v) is 16.1. The Morgan fingerprint density at radius 3 is 2.27 bits per heavy atom. The van der Waals surface area contributed by atoms with E-state index in [0.29, 0.717) is 17.8 Å². The van der Waals surface area contributed by atoms with E-state index in [1.807, 2.05) is 27.7 Å². The van der Waals surface area contributed by atoms with E-state index in [-0.39, 0.29) is 18.0 Å². The van der Waals surface area contributed by atoms with Crippen molar-refractivity contribution in [3.63, 3.8) is 0 Å². The van der Waals surface area contributed by atoms with Crippen LogP contribution in [-0.2, 0) is 4.79 Å². The minimum atomic E-state index is -0.490. The van der Waals surface area contributed by atoms with Gasteiger partial charge in [0.2, 0.25) is 5.91 Å². The molecule has 0 aliphatic carbocycles. The largest absolute Gasteiger partial charge is 0.376 e. The second kappa shape index (κ2) is 10.4. The Morgan fingerprint density at radius 1 is 1.04 bits per heavy atom. The van der Waals surface area contributed by atoms with E-state index in [1.54, 1.807) is 24.3 Å². The van der Waals surface area contributed by atoms with Gasteiger partial charge in [0.1, 0.15) is 0 Å². The van der Waals surface area contributed by atoms with Crippen LogP contribution in [0.4, 0.5) is 10.5 Å². The van der Waals surface area contributed by atoms with Crippen LogP contribution in [0.2, 0.25) is 0 Å². The molecule has 1 rings (SSSR count). The van der Waals surface area contributed by atoms with Crippen molar-refractivity contribution in [2.45, 2.75) is 52.5 Å². The lowest BCUT2D eigenvalue weighted by atomic mass is 10.0. The molecule has 4 amide bonds. The number of unbranched alkanes of at least 4 members (excludes halogenated alkanes) is 1. The van der Waals surface area contributed by atoms with Crippen molar-refractivity contribution in [1.82, 2.24) is 16.0 Å². The van der Waals surface area contributed by atoms with Crippen LogP contribution < -0.4 is 21.3 Å². The average Bonchev–Trinajstić information content (AvgIpc) is 2.60. The molecule has 0 saturated carbocycles. The highest BCUT2D eigenvalue weighted by Gasteiger charge is 2.18. The summed E-state index contributed by atoms with van der Waals surface area (Å²) in [5.74, 6) is -0.560. The summed E-state index contributed by atoms with van der Waals surface area (Å²) >= 11 is 0. The molecule has 0 heterocycles. The number of rotatable bonds is 9. The molecule has 1 aromatic carbocycles. The molecule has 0 aliphatic heterocycles. The van der Waals surface area contributed by atoms with Crippen molar-refractivity contribution in [2.24, 2.45) is 0 Å². The normalized spacial score (nSPS) is 10.8. The van der Waals surface area contributed by atoms with Gasteiger partial charge in [-0.15, -0.1) is 0 Å². The third-order valence-corrected chi connectivity index (χ3v) is 4.00. The maximum Gasteiger partial charge on any atom is 0.321 e. The van der Waals surface area contributed by atoms with Crippen LogP contribution in [0, 0.1) is 0 Å². The van der Waals surface area contributed by atoms with E-state index >= 15 is 0 Å². The Balaban J connectivity index is 2.44. The summed E-state index contributed by atoms with van der Waals surface area (Å²) < 4.78 is 0. The predicted molar refractivity (Wildman–Crippen MR) is 103 cm³/mol. The maximum atomic E-state index is 12.2. The van der Waals surface area contributed by atoms with Crippen LogP contribution in [0.1, 0.15) is 57.3 Å². The van der Waals surface area contributed by atoms with Gasteiger partial charge in [0.05, 0.1) is 6.54 Å². The highest BCUT2D eigenvalue weighted by atomic mass is 16.2. The number of benzene rings is 1. The first-order valence-electron chi connectivity index (χ1n) is 9.01. The molecule has 7 heteroatoms. The Labute approximate surface area is 155 Å². The second-order valence-electron chi connectivity index (χ2n) is 6.78. The molecule has 0 fully saturated rings. The Hall–Kier alpha value is -2.57. The zero-order valence-electron chi connectivity index (χ0n) is 16.1. The van der Waals surface area contributed by atoms with Crippen molar-refractivity contribution < 1.29 is 14.4 Å². The van der Waals surface area contributed by atoms with Gasteiger partial charge in [-0.1, -0.05) is 20.3 Å². The average molecular weight is 362 g/mol. The summed E-state index contributed by atoms with van der Waals surface area (Å²) in [6, 6.07) is 6.35. The molecule has 0 aliphatic rings. The summed E-state index contributed by atoms with van der Waals surface area (Å²) in [5, 5.41) is 10.8. The third-order valence-electron chi connectivity index (χ3n) is 4.00. The Morgan fingerprint density at radius 2 is 1.69 bits per heavy atom. The minimum Gasteiger partial charge on any atom is -0.376 e. The first-order chi connectivity index (χ1) is 12.3. The van der Waals surface area contributed by atoms with Gasteiger partial charge in [0.15, 0.2) is 0 Å². The quantitative estimate of drug-likeness (QED) is 0.508. The van der Waals surface area contributed by atoms with E-state index in [9.17, 15) is 14.4 Å². The van der Waals surface area contributed by atoms with Crippen LogP contribution in [0.15, 0.2) is 24.3 Å². The topological polar surface area (TPSA) is 99.3 Å². The monoisotopic (exact) mass is 362 g/mol.